The summed E-state index contributed by atoms with van der Waals surface area (Å²) in [6.07, 6.45) is 5.84. The van der Waals surface area contributed by atoms with E-state index < -0.39 is 0 Å². The largest absolute Gasteiger partial charge is 0.338 e. The molecule has 0 radical (unpaired) electrons. The van der Waals surface area contributed by atoms with Crippen LogP contribution in [0.5, 0.6) is 0 Å². The Morgan fingerprint density at radius 2 is 1.94 bits per heavy atom. The van der Waals surface area contributed by atoms with Crippen LogP contribution in [0.3, 0.4) is 0 Å². The first kappa shape index (κ1) is 10.5. The Bertz CT molecular complexity index is 294. The number of amides is 1. The fourth-order valence-electron chi connectivity index (χ4n) is 3.57. The van der Waals surface area contributed by atoms with Gasteiger partial charge in [-0.1, -0.05) is 0 Å². The van der Waals surface area contributed by atoms with Crippen LogP contribution in [-0.2, 0) is 4.79 Å². The maximum Gasteiger partial charge on any atom is 0.239 e. The van der Waals surface area contributed by atoms with Gasteiger partial charge < -0.3 is 15.5 Å². The molecule has 3 heterocycles. The van der Waals surface area contributed by atoms with Crippen molar-refractivity contribution in [2.75, 3.05) is 19.6 Å². The van der Waals surface area contributed by atoms with Crippen LogP contribution in [0.2, 0.25) is 0 Å². The Kier molecular flexibility index (Phi) is 2.64. The summed E-state index contributed by atoms with van der Waals surface area (Å²) in [5.41, 5.74) is 5.78. The molecule has 0 aromatic rings. The molecule has 3 saturated heterocycles. The third-order valence-corrected chi connectivity index (χ3v) is 4.51. The first-order valence-corrected chi connectivity index (χ1v) is 6.56. The maximum atomic E-state index is 11.9. The summed E-state index contributed by atoms with van der Waals surface area (Å²) in [6, 6.07) is 0.991. The van der Waals surface area contributed by atoms with Crippen LogP contribution in [0.25, 0.3) is 0 Å². The van der Waals surface area contributed by atoms with E-state index in [1.165, 1.54) is 32.4 Å². The summed E-state index contributed by atoms with van der Waals surface area (Å²) in [5.74, 6) is 0.191. The van der Waals surface area contributed by atoms with Crippen molar-refractivity contribution in [1.29, 1.82) is 0 Å². The summed E-state index contributed by atoms with van der Waals surface area (Å²) < 4.78 is 0. The summed E-state index contributed by atoms with van der Waals surface area (Å²) in [7, 11) is 0. The highest BCUT2D eigenvalue weighted by molar-refractivity contribution is 5.84. The Hall–Kier alpha value is -0.610. The van der Waals surface area contributed by atoms with Gasteiger partial charge in [0, 0.05) is 25.2 Å². The molecular formula is C12H21N3O. The lowest BCUT2D eigenvalue weighted by Crippen LogP contribution is -2.49. The van der Waals surface area contributed by atoms with E-state index in [-0.39, 0.29) is 11.9 Å². The van der Waals surface area contributed by atoms with Gasteiger partial charge in [-0.3, -0.25) is 4.79 Å². The van der Waals surface area contributed by atoms with Crippen LogP contribution in [0.15, 0.2) is 0 Å². The van der Waals surface area contributed by atoms with Crippen molar-refractivity contribution in [3.63, 3.8) is 0 Å². The lowest BCUT2D eigenvalue weighted by molar-refractivity contribution is -0.131. The van der Waals surface area contributed by atoms with Gasteiger partial charge in [-0.15, -0.1) is 0 Å². The number of fused-ring (bicyclic) bond motifs is 1. The Morgan fingerprint density at radius 1 is 1.06 bits per heavy atom. The number of piperidine rings is 1. The topological polar surface area (TPSA) is 49.6 Å². The molecule has 3 atom stereocenters. The van der Waals surface area contributed by atoms with Crippen molar-refractivity contribution in [3.05, 3.63) is 0 Å². The first-order chi connectivity index (χ1) is 7.75. The molecule has 3 aliphatic rings. The van der Waals surface area contributed by atoms with Crippen molar-refractivity contribution >= 4 is 5.91 Å². The number of rotatable bonds is 1. The number of hydrogen-bond donors (Lipinski definition) is 1. The van der Waals surface area contributed by atoms with Crippen LogP contribution < -0.4 is 5.73 Å². The van der Waals surface area contributed by atoms with E-state index in [4.69, 9.17) is 5.73 Å². The minimum Gasteiger partial charge on any atom is -0.338 e. The molecule has 0 saturated carbocycles. The number of nitrogens with zero attached hydrogens (tertiary/aromatic N) is 2. The Labute approximate surface area is 96.8 Å². The molecule has 4 nitrogen and oxygen atoms in total. The molecule has 90 valence electrons. The Balaban J connectivity index is 1.66. The Morgan fingerprint density at radius 3 is 2.69 bits per heavy atom. The summed E-state index contributed by atoms with van der Waals surface area (Å²) >= 11 is 0. The van der Waals surface area contributed by atoms with Gasteiger partial charge in [0.2, 0.25) is 5.91 Å². The third kappa shape index (κ3) is 1.64. The number of carbonyl (C=O) groups excluding carboxylic acids is 1. The summed E-state index contributed by atoms with van der Waals surface area (Å²) in [6.45, 7) is 3.33. The van der Waals surface area contributed by atoms with E-state index in [1.807, 2.05) is 0 Å². The second-order valence-corrected chi connectivity index (χ2v) is 5.44. The number of nitrogens with two attached hydrogens (primary N) is 1. The lowest BCUT2D eigenvalue weighted by Gasteiger charge is -2.39. The second-order valence-electron chi connectivity index (χ2n) is 5.44. The van der Waals surface area contributed by atoms with Crippen LogP contribution in [-0.4, -0.2) is 53.5 Å². The number of carbonyl (C=O) groups is 1. The fraction of sp³-hybridized carbons (Fsp3) is 0.917. The molecule has 16 heavy (non-hydrogen) atoms. The molecule has 3 fully saturated rings. The molecule has 1 amide bonds. The van der Waals surface area contributed by atoms with Crippen molar-refractivity contribution in [3.8, 4) is 0 Å². The molecule has 4 heteroatoms. The van der Waals surface area contributed by atoms with Gasteiger partial charge in [0.05, 0.1) is 6.04 Å². The zero-order chi connectivity index (χ0) is 11.1. The van der Waals surface area contributed by atoms with E-state index in [2.05, 4.69) is 9.80 Å². The molecular weight excluding hydrogens is 202 g/mol. The van der Waals surface area contributed by atoms with Crippen LogP contribution in [0.1, 0.15) is 32.1 Å². The molecule has 0 aliphatic carbocycles. The van der Waals surface area contributed by atoms with Crippen molar-refractivity contribution in [2.45, 2.75) is 50.2 Å². The molecule has 2 N–H and O–H groups in total. The second kappa shape index (κ2) is 4.00. The zero-order valence-electron chi connectivity index (χ0n) is 9.77. The molecule has 0 spiro atoms. The third-order valence-electron chi connectivity index (χ3n) is 4.51. The number of hydrogen-bond acceptors (Lipinski definition) is 3. The van der Waals surface area contributed by atoms with E-state index in [9.17, 15) is 4.79 Å². The average molecular weight is 223 g/mol. The summed E-state index contributed by atoms with van der Waals surface area (Å²) in [4.78, 5) is 16.5. The predicted molar refractivity (Wildman–Crippen MR) is 61.9 cm³/mol. The van der Waals surface area contributed by atoms with Crippen LogP contribution in [0, 0.1) is 0 Å². The molecule has 0 bridgehead atoms. The normalized spacial score (nSPS) is 40.4. The fourth-order valence-corrected chi connectivity index (χ4v) is 3.57. The van der Waals surface area contributed by atoms with E-state index in [0.717, 1.165) is 25.4 Å². The van der Waals surface area contributed by atoms with Crippen LogP contribution >= 0.6 is 0 Å². The lowest BCUT2D eigenvalue weighted by atomic mass is 9.96. The monoisotopic (exact) mass is 223 g/mol. The smallest absolute Gasteiger partial charge is 0.239 e. The van der Waals surface area contributed by atoms with Gasteiger partial charge in [0.15, 0.2) is 0 Å². The van der Waals surface area contributed by atoms with Crippen molar-refractivity contribution < 1.29 is 4.79 Å². The van der Waals surface area contributed by atoms with Gasteiger partial charge in [-0.2, -0.15) is 0 Å². The minimum atomic E-state index is -0.221. The van der Waals surface area contributed by atoms with E-state index in [0.29, 0.717) is 6.04 Å². The SMILES string of the molecule is NC1CCN(C2CCN3CCCC3C2)C1=O. The predicted octanol–water partition coefficient (Wildman–Crippen LogP) is 0.173. The maximum absolute atomic E-state index is 11.9. The van der Waals surface area contributed by atoms with Gasteiger partial charge in [0.1, 0.15) is 0 Å². The standard InChI is InChI=1S/C12H21N3O/c13-11-4-7-15(12(11)16)10-3-6-14-5-1-2-9(14)8-10/h9-11H,1-8,13H2. The highest BCUT2D eigenvalue weighted by atomic mass is 16.2. The van der Waals surface area contributed by atoms with E-state index in [1.54, 1.807) is 0 Å². The quantitative estimate of drug-likeness (QED) is 0.689. The molecule has 3 rings (SSSR count). The van der Waals surface area contributed by atoms with Crippen LogP contribution in [0.4, 0.5) is 0 Å². The molecule has 3 aliphatic heterocycles. The van der Waals surface area contributed by atoms with Crippen molar-refractivity contribution in [1.82, 2.24) is 9.80 Å². The minimum absolute atomic E-state index is 0.191. The molecule has 0 aromatic heterocycles. The zero-order valence-corrected chi connectivity index (χ0v) is 9.77. The molecule has 0 aromatic carbocycles. The van der Waals surface area contributed by atoms with Gasteiger partial charge >= 0.3 is 0 Å². The molecule has 3 unspecified atom stereocenters. The highest BCUT2D eigenvalue weighted by Crippen LogP contribution is 2.30. The van der Waals surface area contributed by atoms with E-state index >= 15 is 0 Å². The van der Waals surface area contributed by atoms with Crippen molar-refractivity contribution in [2.24, 2.45) is 5.73 Å². The first-order valence-electron chi connectivity index (χ1n) is 6.56. The van der Waals surface area contributed by atoms with Gasteiger partial charge in [0.25, 0.3) is 0 Å². The highest BCUT2D eigenvalue weighted by Gasteiger charge is 2.39. The van der Waals surface area contributed by atoms with Gasteiger partial charge in [-0.05, 0) is 38.6 Å². The van der Waals surface area contributed by atoms with Gasteiger partial charge in [-0.25, -0.2) is 0 Å². The summed E-state index contributed by atoms with van der Waals surface area (Å²) in [5, 5.41) is 0. The average Bonchev–Trinajstić information content (AvgIpc) is 2.86. The number of likely N-dealkylation sites (tertiary alicyclic amines) is 1.